The van der Waals surface area contributed by atoms with E-state index in [4.69, 9.17) is 16.6 Å². The Hall–Kier alpha value is -3.18. The number of carbonyl (C=O) groups excluding carboxylic acids is 1. The van der Waals surface area contributed by atoms with Crippen LogP contribution in [0, 0.1) is 5.82 Å². The van der Waals surface area contributed by atoms with Gasteiger partial charge in [0.25, 0.3) is 5.91 Å². The van der Waals surface area contributed by atoms with E-state index in [2.05, 4.69) is 9.88 Å². The van der Waals surface area contributed by atoms with Crippen molar-refractivity contribution in [2.75, 3.05) is 0 Å². The van der Waals surface area contributed by atoms with Crippen molar-refractivity contribution in [2.45, 2.75) is 19.5 Å². The van der Waals surface area contributed by atoms with Gasteiger partial charge in [-0.1, -0.05) is 35.9 Å². The van der Waals surface area contributed by atoms with Gasteiger partial charge >= 0.3 is 0 Å². The Kier molecular flexibility index (Phi) is 5.32. The highest BCUT2D eigenvalue weighted by Crippen LogP contribution is 2.23. The highest BCUT2D eigenvalue weighted by molar-refractivity contribution is 6.30. The number of carbonyl (C=O) groups is 1. The van der Waals surface area contributed by atoms with Crippen molar-refractivity contribution in [3.63, 3.8) is 0 Å². The van der Waals surface area contributed by atoms with Crippen molar-refractivity contribution in [3.8, 4) is 0 Å². The van der Waals surface area contributed by atoms with Crippen molar-refractivity contribution >= 4 is 28.5 Å². The molecule has 6 heteroatoms. The summed E-state index contributed by atoms with van der Waals surface area (Å²) in [5.41, 5.74) is 3.28. The zero-order valence-electron chi connectivity index (χ0n) is 15.8. The van der Waals surface area contributed by atoms with Crippen LogP contribution in [-0.2, 0) is 6.54 Å². The van der Waals surface area contributed by atoms with Gasteiger partial charge in [-0.25, -0.2) is 9.37 Å². The molecule has 29 heavy (non-hydrogen) atoms. The van der Waals surface area contributed by atoms with Gasteiger partial charge in [-0.3, -0.25) is 4.79 Å². The van der Waals surface area contributed by atoms with E-state index in [1.165, 1.54) is 12.1 Å². The maximum atomic E-state index is 13.3. The molecule has 0 bridgehead atoms. The molecule has 3 aromatic carbocycles. The average Bonchev–Trinajstić information content (AvgIpc) is 3.09. The molecule has 146 valence electrons. The highest BCUT2D eigenvalue weighted by Gasteiger charge is 2.19. The van der Waals surface area contributed by atoms with Gasteiger partial charge in [0.2, 0.25) is 0 Å². The van der Waals surface area contributed by atoms with E-state index in [9.17, 15) is 9.18 Å². The van der Waals surface area contributed by atoms with E-state index in [1.54, 1.807) is 36.4 Å². The van der Waals surface area contributed by atoms with Crippen LogP contribution in [0.1, 0.15) is 34.7 Å². The molecule has 1 N–H and O–H groups in total. The highest BCUT2D eigenvalue weighted by atomic mass is 35.5. The van der Waals surface area contributed by atoms with E-state index in [-0.39, 0.29) is 17.8 Å². The van der Waals surface area contributed by atoms with E-state index in [1.807, 2.05) is 31.2 Å². The topological polar surface area (TPSA) is 46.9 Å². The molecule has 1 atom stereocenters. The Morgan fingerprint density at radius 1 is 1.07 bits per heavy atom. The summed E-state index contributed by atoms with van der Waals surface area (Å²) in [6, 6.07) is 20.6. The molecule has 0 aliphatic heterocycles. The van der Waals surface area contributed by atoms with Crippen molar-refractivity contribution in [1.82, 2.24) is 14.9 Å². The monoisotopic (exact) mass is 407 g/mol. The fourth-order valence-corrected chi connectivity index (χ4v) is 3.44. The Balaban J connectivity index is 1.65. The first-order chi connectivity index (χ1) is 14.0. The lowest BCUT2D eigenvalue weighted by Gasteiger charge is -2.17. The van der Waals surface area contributed by atoms with Gasteiger partial charge < -0.3 is 9.88 Å². The summed E-state index contributed by atoms with van der Waals surface area (Å²) in [7, 11) is 0. The number of nitrogens with zero attached hydrogens (tertiary/aromatic N) is 2. The fraction of sp³-hybridized carbons (Fsp3) is 0.130. The number of aromatic nitrogens is 2. The number of imidazole rings is 1. The quantitative estimate of drug-likeness (QED) is 0.483. The SMILES string of the molecule is CC(NC(=O)c1ccc(Cl)cc1)c1nc2ccccc2n1Cc1ccc(F)cc1. The number of rotatable bonds is 5. The molecule has 0 spiro atoms. The average molecular weight is 408 g/mol. The minimum absolute atomic E-state index is 0.199. The van der Waals surface area contributed by atoms with Crippen LogP contribution < -0.4 is 5.32 Å². The van der Waals surface area contributed by atoms with Crippen LogP contribution in [0.25, 0.3) is 11.0 Å². The van der Waals surface area contributed by atoms with Crippen LogP contribution in [0.3, 0.4) is 0 Å². The van der Waals surface area contributed by atoms with Gasteiger partial charge in [-0.2, -0.15) is 0 Å². The molecule has 0 aliphatic rings. The molecule has 1 unspecified atom stereocenters. The molecule has 4 nitrogen and oxygen atoms in total. The van der Waals surface area contributed by atoms with Crippen LogP contribution in [0.15, 0.2) is 72.8 Å². The molecule has 0 saturated heterocycles. The van der Waals surface area contributed by atoms with Crippen LogP contribution in [-0.4, -0.2) is 15.5 Å². The molecular weight excluding hydrogens is 389 g/mol. The number of halogens is 2. The van der Waals surface area contributed by atoms with E-state index < -0.39 is 0 Å². The van der Waals surface area contributed by atoms with Crippen molar-refractivity contribution in [2.24, 2.45) is 0 Å². The number of hydrogen-bond acceptors (Lipinski definition) is 2. The molecule has 0 saturated carbocycles. The van der Waals surface area contributed by atoms with Crippen LogP contribution >= 0.6 is 11.6 Å². The van der Waals surface area contributed by atoms with Crippen molar-refractivity contribution in [3.05, 3.63) is 101 Å². The maximum absolute atomic E-state index is 13.3. The molecular formula is C23H19ClFN3O. The van der Waals surface area contributed by atoms with Gasteiger partial charge in [0.1, 0.15) is 11.6 Å². The lowest BCUT2D eigenvalue weighted by atomic mass is 10.2. The zero-order valence-corrected chi connectivity index (χ0v) is 16.5. The summed E-state index contributed by atoms with van der Waals surface area (Å²) in [5.74, 6) is 0.264. The van der Waals surface area contributed by atoms with Crippen LogP contribution in [0.4, 0.5) is 4.39 Å². The molecule has 4 aromatic rings. The van der Waals surface area contributed by atoms with Gasteiger partial charge in [-0.05, 0) is 61.0 Å². The number of amides is 1. The van der Waals surface area contributed by atoms with Gasteiger partial charge in [0, 0.05) is 17.1 Å². The second-order valence-corrected chi connectivity index (χ2v) is 7.31. The van der Waals surface area contributed by atoms with Crippen molar-refractivity contribution in [1.29, 1.82) is 0 Å². The molecule has 4 rings (SSSR count). The van der Waals surface area contributed by atoms with E-state index >= 15 is 0 Å². The summed E-state index contributed by atoms with van der Waals surface area (Å²) in [6.45, 7) is 2.42. The number of para-hydroxylation sites is 2. The summed E-state index contributed by atoms with van der Waals surface area (Å²) in [5, 5.41) is 3.58. The summed E-state index contributed by atoms with van der Waals surface area (Å²) in [4.78, 5) is 17.4. The van der Waals surface area contributed by atoms with E-state index in [0.29, 0.717) is 17.1 Å². The number of fused-ring (bicyclic) bond motifs is 1. The molecule has 0 fully saturated rings. The number of benzene rings is 3. The van der Waals surface area contributed by atoms with Gasteiger partial charge in [0.05, 0.1) is 17.1 Å². The molecule has 1 aromatic heterocycles. The Morgan fingerprint density at radius 3 is 2.48 bits per heavy atom. The largest absolute Gasteiger partial charge is 0.342 e. The van der Waals surface area contributed by atoms with E-state index in [0.717, 1.165) is 22.4 Å². The molecule has 1 amide bonds. The predicted molar refractivity (Wildman–Crippen MR) is 113 cm³/mol. The van der Waals surface area contributed by atoms with Gasteiger partial charge in [-0.15, -0.1) is 0 Å². The molecule has 0 radical (unpaired) electrons. The first-order valence-electron chi connectivity index (χ1n) is 9.27. The second-order valence-electron chi connectivity index (χ2n) is 6.87. The maximum Gasteiger partial charge on any atom is 0.251 e. The smallest absolute Gasteiger partial charge is 0.251 e. The fourth-order valence-electron chi connectivity index (χ4n) is 3.31. The predicted octanol–water partition coefficient (Wildman–Crippen LogP) is 5.37. The first-order valence-corrected chi connectivity index (χ1v) is 9.65. The summed E-state index contributed by atoms with van der Waals surface area (Å²) in [6.07, 6.45) is 0. The van der Waals surface area contributed by atoms with Crippen LogP contribution in [0.2, 0.25) is 5.02 Å². The third-order valence-electron chi connectivity index (χ3n) is 4.78. The standard InChI is InChI=1S/C23H19ClFN3O/c1-15(26-23(29)17-8-10-18(24)11-9-17)22-27-20-4-2-3-5-21(20)28(22)14-16-6-12-19(25)13-7-16/h2-13,15H,14H2,1H3,(H,26,29). The van der Waals surface area contributed by atoms with Gasteiger partial charge in [0.15, 0.2) is 0 Å². The molecule has 0 aliphatic carbocycles. The Morgan fingerprint density at radius 2 is 1.76 bits per heavy atom. The summed E-state index contributed by atoms with van der Waals surface area (Å²) < 4.78 is 15.3. The summed E-state index contributed by atoms with van der Waals surface area (Å²) >= 11 is 5.90. The van der Waals surface area contributed by atoms with Crippen molar-refractivity contribution < 1.29 is 9.18 Å². The second kappa shape index (κ2) is 8.05. The normalized spacial score (nSPS) is 12.1. The lowest BCUT2D eigenvalue weighted by molar-refractivity contribution is 0.0938. The number of hydrogen-bond donors (Lipinski definition) is 1. The lowest BCUT2D eigenvalue weighted by Crippen LogP contribution is -2.28. The third-order valence-corrected chi connectivity index (χ3v) is 5.03. The Labute approximate surface area is 173 Å². The Bertz CT molecular complexity index is 1150. The first kappa shape index (κ1) is 19.2. The minimum atomic E-state index is -0.328. The molecule has 1 heterocycles. The minimum Gasteiger partial charge on any atom is -0.342 e. The number of nitrogens with one attached hydrogen (secondary N) is 1. The zero-order chi connectivity index (χ0) is 20.4. The third kappa shape index (κ3) is 4.15. The van der Waals surface area contributed by atoms with Crippen LogP contribution in [0.5, 0.6) is 0 Å².